The van der Waals surface area contributed by atoms with E-state index in [9.17, 15) is 27.9 Å². The van der Waals surface area contributed by atoms with Crippen LogP contribution in [0.25, 0.3) is 0 Å². The highest BCUT2D eigenvalue weighted by Gasteiger charge is 2.35. The van der Waals surface area contributed by atoms with Crippen molar-refractivity contribution in [3.8, 4) is 11.5 Å². The molecule has 236 valence electrons. The van der Waals surface area contributed by atoms with Gasteiger partial charge in [0.1, 0.15) is 11.9 Å². The number of methoxy groups -OCH3 is 1. The van der Waals surface area contributed by atoms with Gasteiger partial charge in [-0.15, -0.1) is 0 Å². The number of alkyl halides is 3. The number of fused-ring (bicyclic) bond motifs is 1. The molecule has 0 fully saturated rings. The van der Waals surface area contributed by atoms with E-state index in [4.69, 9.17) is 9.47 Å². The van der Waals surface area contributed by atoms with Crippen LogP contribution in [0.4, 0.5) is 29.3 Å². The normalized spacial score (nSPS) is 17.7. The van der Waals surface area contributed by atoms with Crippen molar-refractivity contribution in [1.82, 2.24) is 9.80 Å². The Morgan fingerprint density at radius 2 is 1.80 bits per heavy atom. The van der Waals surface area contributed by atoms with E-state index in [0.29, 0.717) is 19.6 Å². The van der Waals surface area contributed by atoms with Crippen LogP contribution in [0.1, 0.15) is 35.3 Å². The summed E-state index contributed by atoms with van der Waals surface area (Å²) in [6, 6.07) is 15.4. The largest absolute Gasteiger partial charge is 0.497 e. The van der Waals surface area contributed by atoms with Crippen LogP contribution in [0.3, 0.4) is 0 Å². The van der Waals surface area contributed by atoms with E-state index >= 15 is 0 Å². The van der Waals surface area contributed by atoms with Crippen LogP contribution in [-0.2, 0) is 12.7 Å². The number of likely N-dealkylation sites (N-methyl/N-ethyl adjacent to an activating group) is 1. The highest BCUT2D eigenvalue weighted by Crippen LogP contribution is 2.35. The Balaban J connectivity index is 1.59. The second-order valence-electron chi connectivity index (χ2n) is 11.0. The molecule has 0 aromatic heterocycles. The van der Waals surface area contributed by atoms with Gasteiger partial charge in [-0.1, -0.05) is 25.1 Å². The molecule has 0 radical (unpaired) electrons. The summed E-state index contributed by atoms with van der Waals surface area (Å²) in [5.41, 5.74) is 0.820. The molecular weight excluding hydrogens is 577 g/mol. The first-order valence-electron chi connectivity index (χ1n) is 14.2. The van der Waals surface area contributed by atoms with Crippen LogP contribution in [0, 0.1) is 5.92 Å². The molecule has 0 spiro atoms. The Morgan fingerprint density at radius 3 is 2.41 bits per heavy atom. The van der Waals surface area contributed by atoms with Crippen molar-refractivity contribution in [3.63, 3.8) is 0 Å². The molecule has 0 unspecified atom stereocenters. The minimum absolute atomic E-state index is 0.154. The molecule has 3 amide bonds. The molecule has 3 atom stereocenters. The standard InChI is InChI=1S/C32H37F3N4O5/c1-20-16-39(21(2)19-40)30(41)26-6-5-7-27(37-31(42)36-24-12-10-23(11-13-24)32(33,34)35)29(26)44-28(20)18-38(3)17-22-8-14-25(43-4)15-9-22/h5-15,20-21,28,40H,16-19H2,1-4H3,(H2,36,37,42)/t20-,21+,28-/m1/s1. The average molecular weight is 615 g/mol. The van der Waals surface area contributed by atoms with E-state index in [1.54, 1.807) is 37.1 Å². The summed E-state index contributed by atoms with van der Waals surface area (Å²) in [6.07, 6.45) is -4.91. The molecular formula is C32H37F3N4O5. The first kappa shape index (κ1) is 32.6. The molecule has 3 aromatic carbocycles. The maximum Gasteiger partial charge on any atom is 0.416 e. The molecule has 1 aliphatic heterocycles. The summed E-state index contributed by atoms with van der Waals surface area (Å²) in [7, 11) is 3.57. The van der Waals surface area contributed by atoms with E-state index in [0.717, 1.165) is 35.6 Å². The zero-order valence-electron chi connectivity index (χ0n) is 25.0. The zero-order chi connectivity index (χ0) is 32.0. The fourth-order valence-electron chi connectivity index (χ4n) is 5.00. The molecule has 0 aliphatic carbocycles. The predicted octanol–water partition coefficient (Wildman–Crippen LogP) is 5.71. The highest BCUT2D eigenvalue weighted by molar-refractivity contribution is 6.04. The number of aliphatic hydroxyl groups is 1. The molecule has 1 heterocycles. The van der Waals surface area contributed by atoms with Gasteiger partial charge in [0.25, 0.3) is 5.91 Å². The van der Waals surface area contributed by atoms with E-state index in [1.165, 1.54) is 0 Å². The Morgan fingerprint density at radius 1 is 1.11 bits per heavy atom. The fraction of sp³-hybridized carbons (Fsp3) is 0.375. The van der Waals surface area contributed by atoms with Crippen LogP contribution < -0.4 is 20.1 Å². The van der Waals surface area contributed by atoms with Crippen molar-refractivity contribution in [2.24, 2.45) is 5.92 Å². The van der Waals surface area contributed by atoms with Crippen molar-refractivity contribution in [2.75, 3.05) is 44.5 Å². The first-order chi connectivity index (χ1) is 20.9. The summed E-state index contributed by atoms with van der Waals surface area (Å²) < 4.78 is 50.6. The monoisotopic (exact) mass is 614 g/mol. The van der Waals surface area contributed by atoms with Gasteiger partial charge < -0.3 is 30.1 Å². The van der Waals surface area contributed by atoms with Gasteiger partial charge in [0.2, 0.25) is 0 Å². The topological polar surface area (TPSA) is 103 Å². The maximum absolute atomic E-state index is 13.7. The number of nitrogens with zero attached hydrogens (tertiary/aromatic N) is 2. The van der Waals surface area contributed by atoms with Gasteiger partial charge in [0.15, 0.2) is 5.75 Å². The number of hydrogen-bond acceptors (Lipinski definition) is 6. The van der Waals surface area contributed by atoms with Crippen LogP contribution >= 0.6 is 0 Å². The molecule has 44 heavy (non-hydrogen) atoms. The minimum Gasteiger partial charge on any atom is -0.497 e. The quantitative estimate of drug-likeness (QED) is 0.285. The molecule has 1 aliphatic rings. The highest BCUT2D eigenvalue weighted by atomic mass is 19.4. The van der Waals surface area contributed by atoms with Crippen LogP contribution in [-0.4, -0.2) is 72.8 Å². The van der Waals surface area contributed by atoms with Gasteiger partial charge in [-0.2, -0.15) is 13.2 Å². The molecule has 9 nitrogen and oxygen atoms in total. The minimum atomic E-state index is -4.50. The fourth-order valence-corrected chi connectivity index (χ4v) is 5.00. The van der Waals surface area contributed by atoms with Crippen LogP contribution in [0.2, 0.25) is 0 Å². The van der Waals surface area contributed by atoms with Gasteiger partial charge in [-0.05, 0) is 68.1 Å². The molecule has 0 saturated heterocycles. The zero-order valence-corrected chi connectivity index (χ0v) is 25.0. The number of hydrogen-bond donors (Lipinski definition) is 3. The molecule has 4 rings (SSSR count). The Kier molecular flexibility index (Phi) is 10.4. The number of anilines is 2. The van der Waals surface area contributed by atoms with Gasteiger partial charge in [0.05, 0.1) is 36.6 Å². The Hall–Kier alpha value is -4.29. The number of benzene rings is 3. The number of urea groups is 1. The summed E-state index contributed by atoms with van der Waals surface area (Å²) in [5, 5.41) is 15.1. The predicted molar refractivity (Wildman–Crippen MR) is 161 cm³/mol. The number of nitrogens with one attached hydrogen (secondary N) is 2. The van der Waals surface area contributed by atoms with Crippen molar-refractivity contribution in [3.05, 3.63) is 83.4 Å². The third kappa shape index (κ3) is 8.00. The van der Waals surface area contributed by atoms with E-state index in [2.05, 4.69) is 15.5 Å². The van der Waals surface area contributed by atoms with Gasteiger partial charge in [-0.25, -0.2) is 4.79 Å². The Labute approximate surface area is 254 Å². The second kappa shape index (κ2) is 14.0. The molecule has 3 N–H and O–H groups in total. The number of ether oxygens (including phenoxy) is 2. The van der Waals surface area contributed by atoms with E-state index < -0.39 is 29.9 Å². The van der Waals surface area contributed by atoms with E-state index in [1.807, 2.05) is 38.2 Å². The SMILES string of the molecule is COc1ccc(CN(C)C[C@H]2Oc3c(NC(=O)Nc4ccc(C(F)(F)F)cc4)cccc3C(=O)N([C@@H](C)CO)C[C@H]2C)cc1. The van der Waals surface area contributed by atoms with Crippen LogP contribution in [0.15, 0.2) is 66.7 Å². The van der Waals surface area contributed by atoms with Crippen LogP contribution in [0.5, 0.6) is 11.5 Å². The number of halogens is 3. The molecule has 0 bridgehead atoms. The van der Waals surface area contributed by atoms with Gasteiger partial charge in [0, 0.05) is 31.2 Å². The third-order valence-corrected chi connectivity index (χ3v) is 7.51. The lowest BCUT2D eigenvalue weighted by Gasteiger charge is -2.38. The second-order valence-corrected chi connectivity index (χ2v) is 11.0. The number of carbonyl (C=O) groups excluding carboxylic acids is 2. The lowest BCUT2D eigenvalue weighted by molar-refractivity contribution is -0.137. The number of para-hydroxylation sites is 1. The number of aliphatic hydroxyl groups excluding tert-OH is 1. The summed E-state index contributed by atoms with van der Waals surface area (Å²) in [5.74, 6) is 0.415. The lowest BCUT2D eigenvalue weighted by Crippen LogP contribution is -2.49. The van der Waals surface area contributed by atoms with Crippen molar-refractivity contribution in [1.29, 1.82) is 0 Å². The summed E-state index contributed by atoms with van der Waals surface area (Å²) in [4.78, 5) is 30.3. The number of carbonyl (C=O) groups is 2. The summed E-state index contributed by atoms with van der Waals surface area (Å²) in [6.45, 7) is 4.94. The number of rotatable bonds is 9. The van der Waals surface area contributed by atoms with Gasteiger partial charge in [-0.3, -0.25) is 9.69 Å². The third-order valence-electron chi connectivity index (χ3n) is 7.51. The maximum atomic E-state index is 13.7. The smallest absolute Gasteiger partial charge is 0.416 e. The van der Waals surface area contributed by atoms with Gasteiger partial charge >= 0.3 is 12.2 Å². The molecule has 12 heteroatoms. The lowest BCUT2D eigenvalue weighted by atomic mass is 9.99. The van der Waals surface area contributed by atoms with Crippen molar-refractivity contribution >= 4 is 23.3 Å². The van der Waals surface area contributed by atoms with E-state index in [-0.39, 0.29) is 41.1 Å². The average Bonchev–Trinajstić information content (AvgIpc) is 2.99. The Bertz CT molecular complexity index is 1430. The van der Waals surface area contributed by atoms with Crippen molar-refractivity contribution < 1.29 is 37.3 Å². The molecule has 3 aromatic rings. The molecule has 0 saturated carbocycles. The summed E-state index contributed by atoms with van der Waals surface area (Å²) >= 11 is 0. The van der Waals surface area contributed by atoms with Crippen molar-refractivity contribution in [2.45, 2.75) is 38.7 Å². The first-order valence-corrected chi connectivity index (χ1v) is 14.2. The number of amides is 3.